The maximum Gasteiger partial charge on any atom is 0.103 e. The van der Waals surface area contributed by atoms with Gasteiger partial charge in [-0.3, -0.25) is 0 Å². The van der Waals surface area contributed by atoms with Crippen LogP contribution in [-0.2, 0) is 9.47 Å². The van der Waals surface area contributed by atoms with Crippen LogP contribution in [0.25, 0.3) is 0 Å². The monoisotopic (exact) mass is 264 g/mol. The number of ether oxygens (including phenoxy) is 2. The van der Waals surface area contributed by atoms with Crippen molar-refractivity contribution < 1.29 is 14.6 Å². The molecule has 19 heavy (non-hydrogen) atoms. The van der Waals surface area contributed by atoms with Gasteiger partial charge in [0.25, 0.3) is 0 Å². The van der Waals surface area contributed by atoms with Crippen LogP contribution < -0.4 is 0 Å². The highest BCUT2D eigenvalue weighted by molar-refractivity contribution is 5.27. The third kappa shape index (κ3) is 4.03. The summed E-state index contributed by atoms with van der Waals surface area (Å²) in [7, 11) is 0. The normalized spacial score (nSPS) is 29.2. The zero-order valence-electron chi connectivity index (χ0n) is 12.0. The van der Waals surface area contributed by atoms with Crippen LogP contribution in [0.2, 0.25) is 0 Å². The highest BCUT2D eigenvalue weighted by Crippen LogP contribution is 2.24. The van der Waals surface area contributed by atoms with E-state index < -0.39 is 6.10 Å². The summed E-state index contributed by atoms with van der Waals surface area (Å²) in [5.41, 5.74) is 2.06. The van der Waals surface area contributed by atoms with Crippen LogP contribution in [0.1, 0.15) is 43.9 Å². The molecular weight excluding hydrogens is 240 g/mol. The van der Waals surface area contributed by atoms with Crippen molar-refractivity contribution in [1.82, 2.24) is 0 Å². The summed E-state index contributed by atoms with van der Waals surface area (Å²) >= 11 is 0. The van der Waals surface area contributed by atoms with Crippen LogP contribution in [0.15, 0.2) is 24.3 Å². The molecule has 1 saturated heterocycles. The summed E-state index contributed by atoms with van der Waals surface area (Å²) in [6, 6.07) is 7.90. The van der Waals surface area contributed by atoms with Crippen molar-refractivity contribution in [1.29, 1.82) is 0 Å². The molecule has 0 radical (unpaired) electrons. The van der Waals surface area contributed by atoms with Gasteiger partial charge in [0.2, 0.25) is 0 Å². The van der Waals surface area contributed by atoms with Crippen molar-refractivity contribution in [2.45, 2.75) is 58.0 Å². The molecule has 1 N–H and O–H groups in total. The Morgan fingerprint density at radius 1 is 1.26 bits per heavy atom. The van der Waals surface area contributed by atoms with Crippen LogP contribution in [0.4, 0.5) is 0 Å². The lowest BCUT2D eigenvalue weighted by molar-refractivity contribution is -0.114. The first-order valence-electron chi connectivity index (χ1n) is 7.07. The molecule has 1 aromatic rings. The van der Waals surface area contributed by atoms with Gasteiger partial charge in [0.05, 0.1) is 24.9 Å². The van der Waals surface area contributed by atoms with Gasteiger partial charge in [-0.05, 0) is 44.7 Å². The summed E-state index contributed by atoms with van der Waals surface area (Å²) in [5, 5.41) is 10.2. The Morgan fingerprint density at radius 3 is 2.53 bits per heavy atom. The van der Waals surface area contributed by atoms with Crippen LogP contribution in [0, 0.1) is 6.92 Å². The van der Waals surface area contributed by atoms with Gasteiger partial charge in [-0.2, -0.15) is 0 Å². The Hall–Kier alpha value is -0.900. The number of aryl methyl sites for hydroxylation is 1. The SMILES string of the molecule is Cc1ccccc1C(O)COC1CC(C)OC(C)C1. The zero-order chi connectivity index (χ0) is 13.8. The van der Waals surface area contributed by atoms with E-state index in [0.29, 0.717) is 6.61 Å². The molecule has 0 aromatic heterocycles. The molecule has 1 aromatic carbocycles. The quantitative estimate of drug-likeness (QED) is 0.908. The molecule has 0 saturated carbocycles. The zero-order valence-corrected chi connectivity index (χ0v) is 12.0. The average Bonchev–Trinajstić information content (AvgIpc) is 2.35. The third-order valence-electron chi connectivity index (χ3n) is 3.69. The van der Waals surface area contributed by atoms with Crippen molar-refractivity contribution in [3.8, 4) is 0 Å². The molecule has 3 atom stereocenters. The minimum atomic E-state index is -0.547. The summed E-state index contributed by atoms with van der Waals surface area (Å²) in [6.45, 7) is 6.51. The Labute approximate surface area is 115 Å². The Balaban J connectivity index is 1.87. The van der Waals surface area contributed by atoms with E-state index in [1.807, 2.05) is 31.2 Å². The number of aliphatic hydroxyl groups excluding tert-OH is 1. The molecule has 1 aliphatic rings. The van der Waals surface area contributed by atoms with Gasteiger partial charge >= 0.3 is 0 Å². The molecule has 3 heteroatoms. The van der Waals surface area contributed by atoms with Crippen molar-refractivity contribution in [3.05, 3.63) is 35.4 Å². The summed E-state index contributed by atoms with van der Waals surface area (Å²) in [4.78, 5) is 0. The van der Waals surface area contributed by atoms with Crippen molar-refractivity contribution in [2.24, 2.45) is 0 Å². The van der Waals surface area contributed by atoms with Crippen molar-refractivity contribution in [2.75, 3.05) is 6.61 Å². The lowest BCUT2D eigenvalue weighted by Gasteiger charge is -2.32. The first-order valence-corrected chi connectivity index (χ1v) is 7.07. The number of benzene rings is 1. The van der Waals surface area contributed by atoms with Crippen molar-refractivity contribution in [3.63, 3.8) is 0 Å². The van der Waals surface area contributed by atoms with E-state index >= 15 is 0 Å². The first-order chi connectivity index (χ1) is 9.06. The standard InChI is InChI=1S/C16H24O3/c1-11-6-4-5-7-15(11)16(17)10-18-14-8-12(2)19-13(3)9-14/h4-7,12-14,16-17H,8-10H2,1-3H3. The van der Waals surface area contributed by atoms with Crippen LogP contribution in [-0.4, -0.2) is 30.0 Å². The third-order valence-corrected chi connectivity index (χ3v) is 3.69. The van der Waals surface area contributed by atoms with E-state index in [9.17, 15) is 5.11 Å². The number of hydrogen-bond acceptors (Lipinski definition) is 3. The second kappa shape index (κ2) is 6.51. The Kier molecular flexibility index (Phi) is 4.97. The lowest BCUT2D eigenvalue weighted by atomic mass is 10.0. The molecule has 1 aliphatic heterocycles. The molecule has 1 heterocycles. The summed E-state index contributed by atoms with van der Waals surface area (Å²) in [5.74, 6) is 0. The van der Waals surface area contributed by atoms with Gasteiger partial charge in [0.1, 0.15) is 6.10 Å². The van der Waals surface area contributed by atoms with E-state index in [0.717, 1.165) is 24.0 Å². The molecule has 3 unspecified atom stereocenters. The van der Waals surface area contributed by atoms with Crippen LogP contribution in [0.3, 0.4) is 0 Å². The summed E-state index contributed by atoms with van der Waals surface area (Å²) in [6.07, 6.45) is 1.94. The van der Waals surface area contributed by atoms with Gasteiger partial charge in [0.15, 0.2) is 0 Å². The van der Waals surface area contributed by atoms with E-state index in [-0.39, 0.29) is 18.3 Å². The van der Waals surface area contributed by atoms with Crippen LogP contribution >= 0.6 is 0 Å². The lowest BCUT2D eigenvalue weighted by Crippen LogP contribution is -2.34. The molecular formula is C16H24O3. The topological polar surface area (TPSA) is 38.7 Å². The van der Waals surface area contributed by atoms with Gasteiger partial charge in [-0.25, -0.2) is 0 Å². The molecule has 0 aliphatic carbocycles. The molecule has 0 bridgehead atoms. The summed E-state index contributed by atoms with van der Waals surface area (Å²) < 4.78 is 11.5. The molecule has 0 amide bonds. The fourth-order valence-corrected chi connectivity index (χ4v) is 2.76. The first kappa shape index (κ1) is 14.5. The minimum Gasteiger partial charge on any atom is -0.386 e. The van der Waals surface area contributed by atoms with Gasteiger partial charge in [-0.15, -0.1) is 0 Å². The fraction of sp³-hybridized carbons (Fsp3) is 0.625. The molecule has 2 rings (SSSR count). The second-order valence-corrected chi connectivity index (χ2v) is 5.56. The van der Waals surface area contributed by atoms with E-state index in [4.69, 9.17) is 9.47 Å². The molecule has 0 spiro atoms. The number of aliphatic hydroxyl groups is 1. The van der Waals surface area contributed by atoms with Crippen molar-refractivity contribution >= 4 is 0 Å². The van der Waals surface area contributed by atoms with E-state index in [1.54, 1.807) is 0 Å². The smallest absolute Gasteiger partial charge is 0.103 e. The Morgan fingerprint density at radius 2 is 1.89 bits per heavy atom. The molecule has 3 nitrogen and oxygen atoms in total. The highest BCUT2D eigenvalue weighted by atomic mass is 16.5. The average molecular weight is 264 g/mol. The van der Waals surface area contributed by atoms with E-state index in [1.165, 1.54) is 0 Å². The van der Waals surface area contributed by atoms with Gasteiger partial charge in [-0.1, -0.05) is 24.3 Å². The minimum absolute atomic E-state index is 0.192. The second-order valence-electron chi connectivity index (χ2n) is 5.56. The molecule has 1 fully saturated rings. The van der Waals surface area contributed by atoms with Crippen LogP contribution in [0.5, 0.6) is 0 Å². The van der Waals surface area contributed by atoms with E-state index in [2.05, 4.69) is 13.8 Å². The van der Waals surface area contributed by atoms with Gasteiger partial charge < -0.3 is 14.6 Å². The number of hydrogen-bond donors (Lipinski definition) is 1. The largest absolute Gasteiger partial charge is 0.386 e. The predicted octanol–water partition coefficient (Wildman–Crippen LogP) is 3.00. The fourth-order valence-electron chi connectivity index (χ4n) is 2.76. The highest BCUT2D eigenvalue weighted by Gasteiger charge is 2.25. The maximum atomic E-state index is 10.2. The molecule has 106 valence electrons. The predicted molar refractivity (Wildman–Crippen MR) is 75.1 cm³/mol. The Bertz CT molecular complexity index is 395. The van der Waals surface area contributed by atoms with Gasteiger partial charge in [0, 0.05) is 0 Å². The maximum absolute atomic E-state index is 10.2. The number of rotatable bonds is 4.